The van der Waals surface area contributed by atoms with Gasteiger partial charge in [-0.3, -0.25) is 14.9 Å². The van der Waals surface area contributed by atoms with Crippen LogP contribution in [-0.4, -0.2) is 24.6 Å². The lowest BCUT2D eigenvalue weighted by molar-refractivity contribution is -0.385. The van der Waals surface area contributed by atoms with Crippen LogP contribution >= 0.6 is 11.6 Å². The molecule has 0 saturated carbocycles. The van der Waals surface area contributed by atoms with Crippen molar-refractivity contribution in [1.82, 2.24) is 0 Å². The Kier molecular flexibility index (Phi) is 7.06. The van der Waals surface area contributed by atoms with Crippen molar-refractivity contribution in [3.8, 4) is 23.0 Å². The Balaban J connectivity index is 1.98. The molecule has 32 heavy (non-hydrogen) atoms. The number of halogens is 3. The second-order valence-corrected chi connectivity index (χ2v) is 6.60. The van der Waals surface area contributed by atoms with Gasteiger partial charge in [0.15, 0.2) is 17.2 Å². The molecule has 0 fully saturated rings. The van der Waals surface area contributed by atoms with E-state index in [-0.39, 0.29) is 22.2 Å². The molecule has 0 radical (unpaired) electrons. The van der Waals surface area contributed by atoms with E-state index in [1.165, 1.54) is 18.2 Å². The average Bonchev–Trinajstić information content (AvgIpc) is 2.75. The van der Waals surface area contributed by atoms with Crippen LogP contribution in [0.15, 0.2) is 60.7 Å². The number of ether oxygens (including phenoxy) is 3. The predicted octanol–water partition coefficient (Wildman–Crippen LogP) is 5.90. The molecular weight excluding hydrogens is 450 g/mol. The van der Waals surface area contributed by atoms with Crippen LogP contribution in [0.4, 0.5) is 20.2 Å². The minimum atomic E-state index is -3.24. The summed E-state index contributed by atoms with van der Waals surface area (Å²) >= 11 is 6.03. The molecule has 0 unspecified atom stereocenters. The van der Waals surface area contributed by atoms with Crippen LogP contribution in [0, 0.1) is 10.1 Å². The standard InChI is InChI=1S/C21H15ClF2N2O6/c1-30-18-10-14(16(26(28)29)11-19(18)32-21(23)24)20(27)25-15-9-12(22)7-8-17(15)31-13-5-3-2-4-6-13/h2-11,21H,1H3,(H,25,27). The topological polar surface area (TPSA) is 99.9 Å². The zero-order valence-electron chi connectivity index (χ0n) is 16.4. The molecule has 1 N–H and O–H groups in total. The molecule has 0 saturated heterocycles. The second-order valence-electron chi connectivity index (χ2n) is 6.17. The maximum atomic E-state index is 12.9. The first-order valence-corrected chi connectivity index (χ1v) is 9.31. The van der Waals surface area contributed by atoms with Crippen molar-refractivity contribution in [2.75, 3.05) is 12.4 Å². The van der Waals surface area contributed by atoms with Crippen molar-refractivity contribution >= 4 is 28.9 Å². The number of nitro benzene ring substituents is 1. The number of carbonyl (C=O) groups excluding carboxylic acids is 1. The Labute approximate surface area is 185 Å². The smallest absolute Gasteiger partial charge is 0.387 e. The van der Waals surface area contributed by atoms with E-state index in [1.807, 2.05) is 0 Å². The number of amides is 1. The van der Waals surface area contributed by atoms with E-state index in [0.717, 1.165) is 13.2 Å². The first-order chi connectivity index (χ1) is 15.3. The molecule has 11 heteroatoms. The quantitative estimate of drug-likeness (QED) is 0.329. The summed E-state index contributed by atoms with van der Waals surface area (Å²) in [5.41, 5.74) is -1.07. The number of methoxy groups -OCH3 is 1. The van der Waals surface area contributed by atoms with Gasteiger partial charge in [-0.1, -0.05) is 29.8 Å². The van der Waals surface area contributed by atoms with Crippen molar-refractivity contribution in [3.63, 3.8) is 0 Å². The van der Waals surface area contributed by atoms with Crippen molar-refractivity contribution < 1.29 is 32.7 Å². The van der Waals surface area contributed by atoms with Crippen molar-refractivity contribution in [3.05, 3.63) is 81.4 Å². The molecule has 0 aliphatic heterocycles. The van der Waals surface area contributed by atoms with Gasteiger partial charge >= 0.3 is 6.61 Å². The van der Waals surface area contributed by atoms with Crippen molar-refractivity contribution in [1.29, 1.82) is 0 Å². The normalized spacial score (nSPS) is 10.5. The van der Waals surface area contributed by atoms with Crippen LogP contribution in [-0.2, 0) is 0 Å². The lowest BCUT2D eigenvalue weighted by Gasteiger charge is -2.14. The molecule has 0 heterocycles. The monoisotopic (exact) mass is 464 g/mol. The Morgan fingerprint density at radius 2 is 1.78 bits per heavy atom. The van der Waals surface area contributed by atoms with Crippen LogP contribution in [0.3, 0.4) is 0 Å². The summed E-state index contributed by atoms with van der Waals surface area (Å²) in [6, 6.07) is 14.8. The molecule has 3 aromatic rings. The van der Waals surface area contributed by atoms with E-state index in [9.17, 15) is 23.7 Å². The summed E-state index contributed by atoms with van der Waals surface area (Å²) in [5.74, 6) is -1.08. The van der Waals surface area contributed by atoms with Crippen LogP contribution in [0.5, 0.6) is 23.0 Å². The SMILES string of the molecule is COc1cc(C(=O)Nc2cc(Cl)ccc2Oc2ccccc2)c([N+](=O)[O-])cc1OC(F)F. The number of nitrogens with zero attached hydrogens (tertiary/aromatic N) is 1. The first kappa shape index (κ1) is 22.8. The third kappa shape index (κ3) is 5.41. The molecule has 1 amide bonds. The number of benzene rings is 3. The zero-order valence-corrected chi connectivity index (χ0v) is 17.1. The van der Waals surface area contributed by atoms with Crippen molar-refractivity contribution in [2.24, 2.45) is 0 Å². The number of alkyl halides is 2. The third-order valence-electron chi connectivity index (χ3n) is 4.10. The molecule has 0 aliphatic carbocycles. The number of para-hydroxylation sites is 1. The Morgan fingerprint density at radius 3 is 2.41 bits per heavy atom. The van der Waals surface area contributed by atoms with Gasteiger partial charge in [0.1, 0.15) is 11.3 Å². The van der Waals surface area contributed by atoms with Gasteiger partial charge in [0.2, 0.25) is 0 Å². The molecule has 0 spiro atoms. The fourth-order valence-corrected chi connectivity index (χ4v) is 2.90. The number of anilines is 1. The molecule has 0 bridgehead atoms. The Hall–Kier alpha value is -3.92. The van der Waals surface area contributed by atoms with Gasteiger partial charge < -0.3 is 19.5 Å². The minimum absolute atomic E-state index is 0.132. The fourth-order valence-electron chi connectivity index (χ4n) is 2.72. The number of nitro groups is 1. The number of rotatable bonds is 8. The highest BCUT2D eigenvalue weighted by Crippen LogP contribution is 2.37. The van der Waals surface area contributed by atoms with E-state index >= 15 is 0 Å². The van der Waals surface area contributed by atoms with Gasteiger partial charge in [-0.2, -0.15) is 8.78 Å². The minimum Gasteiger partial charge on any atom is -0.493 e. The summed E-state index contributed by atoms with van der Waals surface area (Å²) in [5, 5.41) is 14.2. The summed E-state index contributed by atoms with van der Waals surface area (Å²) in [7, 11) is 1.14. The van der Waals surface area contributed by atoms with Gasteiger partial charge in [-0.05, 0) is 30.3 Å². The molecular formula is C21H15ClF2N2O6. The van der Waals surface area contributed by atoms with Crippen LogP contribution in [0.1, 0.15) is 10.4 Å². The Bertz CT molecular complexity index is 1140. The van der Waals surface area contributed by atoms with Gasteiger partial charge in [0.25, 0.3) is 11.6 Å². The number of nitrogens with one attached hydrogen (secondary N) is 1. The van der Waals surface area contributed by atoms with E-state index in [0.29, 0.717) is 11.8 Å². The largest absolute Gasteiger partial charge is 0.493 e. The highest BCUT2D eigenvalue weighted by atomic mass is 35.5. The summed E-state index contributed by atoms with van der Waals surface area (Å²) in [6.45, 7) is -3.24. The predicted molar refractivity (Wildman–Crippen MR) is 112 cm³/mol. The fraction of sp³-hybridized carbons (Fsp3) is 0.0952. The van der Waals surface area contributed by atoms with Gasteiger partial charge in [-0.15, -0.1) is 0 Å². The molecule has 8 nitrogen and oxygen atoms in total. The summed E-state index contributed by atoms with van der Waals surface area (Å²) < 4.78 is 40.2. The van der Waals surface area contributed by atoms with Gasteiger partial charge in [0.05, 0.1) is 23.8 Å². The molecule has 0 aliphatic rings. The number of hydrogen-bond acceptors (Lipinski definition) is 6. The average molecular weight is 465 g/mol. The van der Waals surface area contributed by atoms with Gasteiger partial charge in [-0.25, -0.2) is 0 Å². The van der Waals surface area contributed by atoms with Crippen LogP contribution in [0.25, 0.3) is 0 Å². The van der Waals surface area contributed by atoms with Crippen LogP contribution < -0.4 is 19.5 Å². The van der Waals surface area contributed by atoms with E-state index < -0.39 is 34.4 Å². The second kappa shape index (κ2) is 9.92. The maximum absolute atomic E-state index is 12.9. The van der Waals surface area contributed by atoms with Gasteiger partial charge in [0, 0.05) is 11.1 Å². The van der Waals surface area contributed by atoms with Crippen molar-refractivity contribution in [2.45, 2.75) is 6.61 Å². The van der Waals surface area contributed by atoms with Crippen LogP contribution in [0.2, 0.25) is 5.02 Å². The van der Waals surface area contributed by atoms with E-state index in [2.05, 4.69) is 10.1 Å². The number of carbonyl (C=O) groups is 1. The zero-order chi connectivity index (χ0) is 23.3. The highest BCUT2D eigenvalue weighted by molar-refractivity contribution is 6.31. The third-order valence-corrected chi connectivity index (χ3v) is 4.34. The van der Waals surface area contributed by atoms with E-state index in [4.69, 9.17) is 21.1 Å². The molecule has 166 valence electrons. The summed E-state index contributed by atoms with van der Waals surface area (Å²) in [4.78, 5) is 23.5. The number of hydrogen-bond donors (Lipinski definition) is 1. The first-order valence-electron chi connectivity index (χ1n) is 8.93. The Morgan fingerprint density at radius 1 is 1.06 bits per heavy atom. The maximum Gasteiger partial charge on any atom is 0.387 e. The lowest BCUT2D eigenvalue weighted by atomic mass is 10.1. The summed E-state index contributed by atoms with van der Waals surface area (Å²) in [6.07, 6.45) is 0. The molecule has 3 aromatic carbocycles. The molecule has 0 atom stereocenters. The molecule has 3 rings (SSSR count). The van der Waals surface area contributed by atoms with E-state index in [1.54, 1.807) is 30.3 Å². The lowest BCUT2D eigenvalue weighted by Crippen LogP contribution is -2.15. The highest BCUT2D eigenvalue weighted by Gasteiger charge is 2.26. The molecule has 0 aromatic heterocycles.